The Morgan fingerprint density at radius 2 is 0.790 bits per heavy atom. The normalized spacial score (nSPS) is 11.9. The smallest absolute Gasteiger partial charge is 0.164 e. The molecule has 3 aromatic heterocycles. The number of benzene rings is 10. The minimum absolute atomic E-state index is 0.600. The monoisotopic (exact) mass is 791 g/mol. The molecule has 13 aromatic rings. The second-order valence-corrected chi connectivity index (χ2v) is 16.0. The van der Waals surface area contributed by atoms with Gasteiger partial charge in [-0.25, -0.2) is 15.0 Å². The third-order valence-corrected chi connectivity index (χ3v) is 12.3. The topological polar surface area (TPSA) is 65.0 Å². The van der Waals surface area contributed by atoms with Gasteiger partial charge in [0.15, 0.2) is 17.5 Å². The zero-order valence-corrected chi connectivity index (χ0v) is 33.2. The summed E-state index contributed by atoms with van der Waals surface area (Å²) in [6.07, 6.45) is 0. The Hall–Kier alpha value is -8.41. The maximum atomic E-state index is 6.29. The van der Waals surface area contributed by atoms with Crippen molar-refractivity contribution in [1.29, 1.82) is 0 Å². The highest BCUT2D eigenvalue weighted by molar-refractivity contribution is 6.15. The molecule has 0 radical (unpaired) electrons. The molecule has 288 valence electrons. The quantitative estimate of drug-likeness (QED) is 0.174. The van der Waals surface area contributed by atoms with Crippen molar-refractivity contribution in [1.82, 2.24) is 15.0 Å². The van der Waals surface area contributed by atoms with Gasteiger partial charge < -0.3 is 8.83 Å². The highest BCUT2D eigenvalue weighted by Crippen LogP contribution is 2.40. The molecule has 0 saturated heterocycles. The number of para-hydroxylation sites is 2. The first-order valence-corrected chi connectivity index (χ1v) is 20.8. The molecule has 13 rings (SSSR count). The SMILES string of the molecule is c1ccc(-c2ccc3cc(-c4nc(-c5ccc6cc7c(cc6c5)oc5ccccc57)nc(-c5ccc6c(-c7cccc8oc9ccccc9c78)cccc6c5)n4)ccc3c2)cc1. The van der Waals surface area contributed by atoms with Gasteiger partial charge in [0.25, 0.3) is 0 Å². The number of hydrogen-bond acceptors (Lipinski definition) is 5. The van der Waals surface area contributed by atoms with Crippen molar-refractivity contribution in [2.24, 2.45) is 0 Å². The van der Waals surface area contributed by atoms with Crippen LogP contribution in [0.15, 0.2) is 209 Å². The molecular weight excluding hydrogens is 759 g/mol. The van der Waals surface area contributed by atoms with Crippen LogP contribution in [-0.2, 0) is 0 Å². The van der Waals surface area contributed by atoms with Gasteiger partial charge in [-0.05, 0) is 109 Å². The predicted octanol–water partition coefficient (Wildman–Crippen LogP) is 15.5. The van der Waals surface area contributed by atoms with Crippen LogP contribution in [-0.4, -0.2) is 15.0 Å². The number of fused-ring (bicyclic) bond motifs is 9. The van der Waals surface area contributed by atoms with Crippen molar-refractivity contribution in [3.63, 3.8) is 0 Å². The van der Waals surface area contributed by atoms with Gasteiger partial charge in [0.2, 0.25) is 0 Å². The average molecular weight is 792 g/mol. The number of furan rings is 2. The molecule has 0 amide bonds. The van der Waals surface area contributed by atoms with Crippen molar-refractivity contribution in [3.8, 4) is 56.4 Å². The summed E-state index contributed by atoms with van der Waals surface area (Å²) in [7, 11) is 0. The Balaban J connectivity index is 0.964. The van der Waals surface area contributed by atoms with Gasteiger partial charge in [0, 0.05) is 38.2 Å². The maximum absolute atomic E-state index is 6.29. The Labute approximate surface area is 355 Å². The molecule has 0 spiro atoms. The maximum Gasteiger partial charge on any atom is 0.164 e. The van der Waals surface area contributed by atoms with Crippen molar-refractivity contribution >= 4 is 76.2 Å². The minimum Gasteiger partial charge on any atom is -0.456 e. The number of rotatable bonds is 5. The Morgan fingerprint density at radius 1 is 0.258 bits per heavy atom. The van der Waals surface area contributed by atoms with E-state index in [-0.39, 0.29) is 0 Å². The molecule has 0 fully saturated rings. The lowest BCUT2D eigenvalue weighted by molar-refractivity contribution is 0.669. The summed E-state index contributed by atoms with van der Waals surface area (Å²) in [5.41, 5.74) is 10.9. The van der Waals surface area contributed by atoms with Gasteiger partial charge in [-0.1, -0.05) is 146 Å². The fourth-order valence-corrected chi connectivity index (χ4v) is 9.22. The summed E-state index contributed by atoms with van der Waals surface area (Å²) < 4.78 is 12.6. The van der Waals surface area contributed by atoms with E-state index in [9.17, 15) is 0 Å². The van der Waals surface area contributed by atoms with Crippen LogP contribution in [0.4, 0.5) is 0 Å². The van der Waals surface area contributed by atoms with Crippen molar-refractivity contribution in [2.75, 3.05) is 0 Å². The number of nitrogens with zero attached hydrogens (tertiary/aromatic N) is 3. The third-order valence-electron chi connectivity index (χ3n) is 12.3. The molecule has 0 unspecified atom stereocenters. The third kappa shape index (κ3) is 5.60. The average Bonchev–Trinajstić information content (AvgIpc) is 3.90. The molecule has 0 aliphatic rings. The van der Waals surface area contributed by atoms with E-state index in [2.05, 4.69) is 164 Å². The summed E-state index contributed by atoms with van der Waals surface area (Å²) in [5.74, 6) is 1.82. The van der Waals surface area contributed by atoms with E-state index in [4.69, 9.17) is 23.8 Å². The van der Waals surface area contributed by atoms with Crippen molar-refractivity contribution in [3.05, 3.63) is 200 Å². The molecule has 0 N–H and O–H groups in total. The summed E-state index contributed by atoms with van der Waals surface area (Å²) in [6, 6.07) is 70.0. The van der Waals surface area contributed by atoms with Gasteiger partial charge in [-0.15, -0.1) is 0 Å². The molecule has 0 atom stereocenters. The molecule has 3 heterocycles. The molecule has 0 bridgehead atoms. The van der Waals surface area contributed by atoms with Gasteiger partial charge in [-0.2, -0.15) is 0 Å². The van der Waals surface area contributed by atoms with Crippen LogP contribution in [0.5, 0.6) is 0 Å². The van der Waals surface area contributed by atoms with E-state index >= 15 is 0 Å². The van der Waals surface area contributed by atoms with E-state index in [1.54, 1.807) is 0 Å². The standard InChI is InChI=1S/C57H33N3O2/c1-2-10-34(11-3-1)35-20-21-37-29-40(24-22-36(37)28-35)55-58-56(41-25-23-38-32-49-46-13-4-6-17-50(46)62-53(49)33-43(38)31-41)60-57(59-55)42-26-27-44-39(30-42)12-8-15-45(44)47-16-9-19-52-54(47)48-14-5-7-18-51(48)61-52/h1-33H. The first kappa shape index (κ1) is 34.5. The highest BCUT2D eigenvalue weighted by atomic mass is 16.3. The Morgan fingerprint density at radius 3 is 1.55 bits per heavy atom. The second-order valence-electron chi connectivity index (χ2n) is 16.0. The van der Waals surface area contributed by atoms with E-state index in [1.165, 1.54) is 11.1 Å². The summed E-state index contributed by atoms with van der Waals surface area (Å²) in [5, 5.41) is 11.1. The van der Waals surface area contributed by atoms with Crippen molar-refractivity contribution in [2.45, 2.75) is 0 Å². The lowest BCUT2D eigenvalue weighted by Crippen LogP contribution is -2.00. The Kier molecular flexibility index (Phi) is 7.54. The first-order valence-electron chi connectivity index (χ1n) is 20.8. The second kappa shape index (κ2) is 13.6. The zero-order chi connectivity index (χ0) is 40.7. The fraction of sp³-hybridized carbons (Fsp3) is 0. The molecule has 0 saturated carbocycles. The van der Waals surface area contributed by atoms with Crippen LogP contribution in [0.25, 0.3) is 133 Å². The van der Waals surface area contributed by atoms with E-state index in [0.29, 0.717) is 17.5 Å². The predicted molar refractivity (Wildman–Crippen MR) is 254 cm³/mol. The highest BCUT2D eigenvalue weighted by Gasteiger charge is 2.18. The number of hydrogen-bond donors (Lipinski definition) is 0. The molecule has 5 heteroatoms. The first-order chi connectivity index (χ1) is 30.7. The van der Waals surface area contributed by atoms with Gasteiger partial charge in [0.1, 0.15) is 22.3 Å². The van der Waals surface area contributed by atoms with Crippen LogP contribution in [0.1, 0.15) is 0 Å². The van der Waals surface area contributed by atoms with Crippen molar-refractivity contribution < 1.29 is 8.83 Å². The van der Waals surface area contributed by atoms with Crippen LogP contribution in [0, 0.1) is 0 Å². The lowest BCUT2D eigenvalue weighted by atomic mass is 9.94. The van der Waals surface area contributed by atoms with Crippen LogP contribution < -0.4 is 0 Å². The van der Waals surface area contributed by atoms with E-state index in [1.807, 2.05) is 36.4 Å². The summed E-state index contributed by atoms with van der Waals surface area (Å²) in [4.78, 5) is 15.6. The number of aromatic nitrogens is 3. The van der Waals surface area contributed by atoms with Gasteiger partial charge in [0.05, 0.1) is 0 Å². The van der Waals surface area contributed by atoms with Crippen LogP contribution in [0.2, 0.25) is 0 Å². The molecule has 5 nitrogen and oxygen atoms in total. The van der Waals surface area contributed by atoms with Crippen LogP contribution >= 0.6 is 0 Å². The molecule has 0 aliphatic heterocycles. The molecule has 10 aromatic carbocycles. The molecule has 0 aliphatic carbocycles. The molecule has 62 heavy (non-hydrogen) atoms. The summed E-state index contributed by atoms with van der Waals surface area (Å²) in [6.45, 7) is 0. The fourth-order valence-electron chi connectivity index (χ4n) is 9.22. The van der Waals surface area contributed by atoms with Crippen LogP contribution in [0.3, 0.4) is 0 Å². The largest absolute Gasteiger partial charge is 0.456 e. The Bertz CT molecular complexity index is 3940. The minimum atomic E-state index is 0.600. The van der Waals surface area contributed by atoms with Gasteiger partial charge >= 0.3 is 0 Å². The lowest BCUT2D eigenvalue weighted by Gasteiger charge is -2.12. The zero-order valence-electron chi connectivity index (χ0n) is 33.2. The molecular formula is C57H33N3O2. The van der Waals surface area contributed by atoms with E-state index in [0.717, 1.165) is 104 Å². The van der Waals surface area contributed by atoms with E-state index < -0.39 is 0 Å². The van der Waals surface area contributed by atoms with Gasteiger partial charge in [-0.3, -0.25) is 0 Å². The summed E-state index contributed by atoms with van der Waals surface area (Å²) >= 11 is 0.